The van der Waals surface area contributed by atoms with Crippen molar-refractivity contribution in [3.8, 4) is 11.5 Å². The molecule has 1 fully saturated rings. The van der Waals surface area contributed by atoms with Crippen molar-refractivity contribution in [3.63, 3.8) is 0 Å². The first-order valence-corrected chi connectivity index (χ1v) is 15.5. The molecule has 1 aliphatic heterocycles. The number of esters is 1. The molecule has 45 heavy (non-hydrogen) atoms. The molecule has 1 amide bonds. The zero-order valence-corrected chi connectivity index (χ0v) is 25.4. The minimum atomic E-state index is -10.7. The number of para-hydroxylation sites is 2. The number of imidazole rings is 1. The predicted molar refractivity (Wildman–Crippen MR) is 155 cm³/mol. The molecule has 2 unspecified atom stereocenters. The number of halogens is 7. The Morgan fingerprint density at radius 1 is 0.956 bits per heavy atom. The second-order valence-corrected chi connectivity index (χ2v) is 12.2. The quantitative estimate of drug-likeness (QED) is 0.0596. The normalized spacial score (nSPS) is 17.6. The van der Waals surface area contributed by atoms with E-state index in [9.17, 15) is 34.8 Å². The molecule has 1 aliphatic rings. The van der Waals surface area contributed by atoms with Crippen molar-refractivity contribution in [3.05, 3.63) is 108 Å². The molecule has 3 aromatic carbocycles. The van der Waals surface area contributed by atoms with Gasteiger partial charge in [0.1, 0.15) is 43.1 Å². The van der Waals surface area contributed by atoms with Crippen molar-refractivity contribution in [1.82, 2.24) is 4.57 Å². The summed E-state index contributed by atoms with van der Waals surface area (Å²) >= 11 is 6.01. The molecule has 8 nitrogen and oxygen atoms in total. The van der Waals surface area contributed by atoms with Gasteiger partial charge in [0.2, 0.25) is 12.4 Å². The fourth-order valence-electron chi connectivity index (χ4n) is 4.44. The Morgan fingerprint density at radius 2 is 1.58 bits per heavy atom. The molecular weight excluding hydrogens is 651 g/mol. The third-order valence-electron chi connectivity index (χ3n) is 6.36. The molecule has 1 aromatic heterocycles. The number of anilines is 1. The third-order valence-corrected chi connectivity index (χ3v) is 6.61. The summed E-state index contributed by atoms with van der Waals surface area (Å²) in [5.74, 6) is 0.505. The van der Waals surface area contributed by atoms with Crippen LogP contribution in [0.3, 0.4) is 0 Å². The summed E-state index contributed by atoms with van der Waals surface area (Å²) in [6.07, 6.45) is 4.99. The van der Waals surface area contributed by atoms with Gasteiger partial charge in [0.25, 0.3) is 5.91 Å². The number of ether oxygens (including phenoxy) is 3. The number of nitrogens with zero attached hydrogens (tertiary/aromatic N) is 3. The summed E-state index contributed by atoms with van der Waals surface area (Å²) in [5, 5.41) is 0.578. The van der Waals surface area contributed by atoms with E-state index in [4.69, 9.17) is 25.8 Å². The molecule has 0 aliphatic carbocycles. The van der Waals surface area contributed by atoms with Gasteiger partial charge in [0.05, 0.1) is 25.4 Å². The van der Waals surface area contributed by atoms with Gasteiger partial charge in [-0.25, -0.2) is 13.9 Å². The maximum atomic E-state index is 13.3. The first-order valence-electron chi connectivity index (χ1n) is 13.1. The summed E-state index contributed by atoms with van der Waals surface area (Å²) in [7, 11) is -7.16. The monoisotopic (exact) mass is 677 g/mol. The molecule has 0 radical (unpaired) electrons. The molecule has 4 aromatic rings. The van der Waals surface area contributed by atoms with E-state index in [0.29, 0.717) is 34.3 Å². The topological polar surface area (TPSA) is 73.9 Å². The third kappa shape index (κ3) is 9.85. The molecule has 0 N–H and O–H groups in total. The van der Waals surface area contributed by atoms with Crippen LogP contribution in [0.15, 0.2) is 91.5 Å². The average molecular weight is 678 g/mol. The van der Waals surface area contributed by atoms with Crippen molar-refractivity contribution in [1.29, 1.82) is 0 Å². The maximum absolute atomic E-state index is 13.3. The van der Waals surface area contributed by atoms with Crippen molar-refractivity contribution >= 4 is 37.0 Å². The van der Waals surface area contributed by atoms with E-state index in [-0.39, 0.29) is 12.5 Å². The molecule has 2 atom stereocenters. The number of aromatic nitrogens is 2. The van der Waals surface area contributed by atoms with Gasteiger partial charge in [0.15, 0.2) is 0 Å². The molecule has 1 saturated heterocycles. The van der Waals surface area contributed by atoms with E-state index >= 15 is 0 Å². The van der Waals surface area contributed by atoms with Gasteiger partial charge in [-0.3, -0.25) is 9.69 Å². The molecule has 242 valence electrons. The molecule has 5 rings (SSSR count). The second-order valence-electron chi connectivity index (χ2n) is 9.85. The fourth-order valence-corrected chi connectivity index (χ4v) is 4.56. The number of rotatable bonds is 9. The Kier molecular flexibility index (Phi) is 9.14. The van der Waals surface area contributed by atoms with E-state index in [1.165, 1.54) is 0 Å². The standard InChI is InChI=1S/C29H27ClN3O5.F6P/c1-31-15-16-32(19-31)17-18-37-29(35)21-9-7-20(8-10-21)26-27(38-23-13-11-22(30)12-14-23)28(34)33(26)24-5-3-4-6-25(24)36-2;1-7(2,3,4,5)6/h3-16,19,26-27H,17-18H2,1-2H3;/q+1;-1. The molecule has 16 heteroatoms. The van der Waals surface area contributed by atoms with E-state index in [0.717, 1.165) is 5.56 Å². The van der Waals surface area contributed by atoms with Gasteiger partial charge in [-0.15, -0.1) is 0 Å². The van der Waals surface area contributed by atoms with Crippen LogP contribution in [0, 0.1) is 0 Å². The Bertz CT molecular complexity index is 1660. The van der Waals surface area contributed by atoms with Crippen molar-refractivity contribution in [2.75, 3.05) is 18.6 Å². The van der Waals surface area contributed by atoms with Crippen LogP contribution in [0.25, 0.3) is 0 Å². The minimum absolute atomic E-state index is 0.198. The van der Waals surface area contributed by atoms with Crippen LogP contribution in [0.4, 0.5) is 30.9 Å². The van der Waals surface area contributed by atoms with E-state index in [1.54, 1.807) is 54.5 Å². The van der Waals surface area contributed by atoms with Gasteiger partial charge >= 0.3 is 39.0 Å². The van der Waals surface area contributed by atoms with E-state index in [1.807, 2.05) is 65.2 Å². The Morgan fingerprint density at radius 3 is 2.16 bits per heavy atom. The summed E-state index contributed by atoms with van der Waals surface area (Å²) in [6.45, 7) is 0.817. The summed E-state index contributed by atoms with van der Waals surface area (Å²) in [6, 6.07) is 20.8. The van der Waals surface area contributed by atoms with Crippen LogP contribution < -0.4 is 18.9 Å². The molecule has 0 bridgehead atoms. The van der Waals surface area contributed by atoms with Crippen LogP contribution in [-0.4, -0.2) is 36.3 Å². The Balaban J connectivity index is 0.000000591. The number of benzene rings is 3. The number of β-lactam (4-membered cyclic amide) rings is 1. The van der Waals surface area contributed by atoms with E-state index < -0.39 is 25.9 Å². The van der Waals surface area contributed by atoms with Crippen LogP contribution in [0.1, 0.15) is 22.0 Å². The fraction of sp³-hybridized carbons (Fsp3) is 0.207. The zero-order valence-electron chi connectivity index (χ0n) is 23.7. The second kappa shape index (κ2) is 12.2. The predicted octanol–water partition coefficient (Wildman–Crippen LogP) is 7.75. The summed E-state index contributed by atoms with van der Waals surface area (Å²) < 4.78 is 80.1. The number of amides is 1. The van der Waals surface area contributed by atoms with Gasteiger partial charge < -0.3 is 14.2 Å². The van der Waals surface area contributed by atoms with Crippen molar-refractivity contribution in [2.45, 2.75) is 18.7 Å². The first kappa shape index (κ1) is 33.6. The van der Waals surface area contributed by atoms with Crippen LogP contribution >= 0.6 is 19.4 Å². The molecule has 2 heterocycles. The first-order chi connectivity index (χ1) is 20.9. The van der Waals surface area contributed by atoms with Crippen molar-refractivity contribution in [2.24, 2.45) is 7.05 Å². The van der Waals surface area contributed by atoms with Crippen LogP contribution in [0.5, 0.6) is 11.5 Å². The summed E-state index contributed by atoms with van der Waals surface area (Å²) in [4.78, 5) is 27.6. The van der Waals surface area contributed by atoms with Gasteiger partial charge in [-0.2, -0.15) is 0 Å². The van der Waals surface area contributed by atoms with Crippen LogP contribution in [0.2, 0.25) is 5.02 Å². The molecule has 0 saturated carbocycles. The van der Waals surface area contributed by atoms with Gasteiger partial charge in [-0.1, -0.05) is 35.9 Å². The van der Waals surface area contributed by atoms with Gasteiger partial charge in [-0.05, 0) is 54.1 Å². The Hall–Kier alpha value is -4.29. The van der Waals surface area contributed by atoms with Crippen LogP contribution in [-0.2, 0) is 23.1 Å². The van der Waals surface area contributed by atoms with Gasteiger partial charge in [0, 0.05) is 5.02 Å². The molecular formula is C29H27ClF6N3O5P. The number of carbonyl (C=O) groups is 2. The number of hydrogen-bond acceptors (Lipinski definition) is 5. The van der Waals surface area contributed by atoms with Crippen molar-refractivity contribution < 1.29 is 53.5 Å². The van der Waals surface area contributed by atoms with E-state index in [2.05, 4.69) is 0 Å². The molecule has 0 spiro atoms. The zero-order chi connectivity index (χ0) is 33.1. The number of hydrogen-bond donors (Lipinski definition) is 0. The Labute approximate surface area is 258 Å². The number of aryl methyl sites for hydroxylation is 1. The number of carbonyl (C=O) groups excluding carboxylic acids is 2. The SMILES string of the molecule is COc1ccccc1N1C(=O)C(Oc2ccc(Cl)cc2)C1c1ccc(C(=O)OCCn2cc[n+](C)c2)cc1.F[P-](F)(F)(F)(F)F. The number of methoxy groups -OCH3 is 1. The average Bonchev–Trinajstić information content (AvgIpc) is 3.38. The summed E-state index contributed by atoms with van der Waals surface area (Å²) in [5.41, 5.74) is 1.88.